The van der Waals surface area contributed by atoms with Crippen LogP contribution >= 0.6 is 0 Å². The Labute approximate surface area is 181 Å². The zero-order valence-electron chi connectivity index (χ0n) is 17.5. The first kappa shape index (κ1) is 20.4. The topological polar surface area (TPSA) is 85.8 Å². The third-order valence-corrected chi connectivity index (χ3v) is 5.83. The Bertz CT molecular complexity index is 1250. The Hall–Kier alpha value is -3.50. The third kappa shape index (κ3) is 3.67. The number of rotatable bonds is 3. The summed E-state index contributed by atoms with van der Waals surface area (Å²) in [5.74, 6) is 1.45. The number of piperidine rings is 1. The van der Waals surface area contributed by atoms with Crippen LogP contribution in [0.3, 0.4) is 0 Å². The highest BCUT2D eigenvalue weighted by Gasteiger charge is 2.32. The summed E-state index contributed by atoms with van der Waals surface area (Å²) >= 11 is 0. The van der Waals surface area contributed by atoms with Gasteiger partial charge >= 0.3 is 6.18 Å². The number of nitrogens with zero attached hydrogens (tertiary/aromatic N) is 7. The van der Waals surface area contributed by atoms with Crippen LogP contribution in [-0.2, 0) is 13.2 Å². The van der Waals surface area contributed by atoms with Gasteiger partial charge in [0.25, 0.3) is 0 Å². The van der Waals surface area contributed by atoms with Crippen molar-refractivity contribution < 1.29 is 17.7 Å². The van der Waals surface area contributed by atoms with E-state index in [2.05, 4.69) is 25.2 Å². The number of aryl methyl sites for hydroxylation is 2. The van der Waals surface area contributed by atoms with E-state index in [4.69, 9.17) is 4.52 Å². The highest BCUT2D eigenvalue weighted by atomic mass is 19.4. The number of hydrogen-bond donors (Lipinski definition) is 0. The first-order chi connectivity index (χ1) is 15.3. The van der Waals surface area contributed by atoms with Crippen molar-refractivity contribution in [2.24, 2.45) is 7.05 Å². The zero-order chi connectivity index (χ0) is 22.5. The van der Waals surface area contributed by atoms with Crippen LogP contribution in [0, 0.1) is 6.92 Å². The first-order valence-electron chi connectivity index (χ1n) is 10.2. The molecule has 11 heteroatoms. The van der Waals surface area contributed by atoms with Gasteiger partial charge in [-0.2, -0.15) is 23.3 Å². The summed E-state index contributed by atoms with van der Waals surface area (Å²) in [5.41, 5.74) is 1.96. The molecule has 1 aliphatic heterocycles. The minimum Gasteiger partial charge on any atom is -0.341 e. The molecule has 4 aromatic rings. The maximum atomic E-state index is 12.7. The number of aromatic nitrogens is 6. The molecule has 4 heterocycles. The van der Waals surface area contributed by atoms with Gasteiger partial charge in [-0.15, -0.1) is 0 Å². The largest absolute Gasteiger partial charge is 0.419 e. The fourth-order valence-corrected chi connectivity index (χ4v) is 4.05. The molecule has 32 heavy (non-hydrogen) atoms. The van der Waals surface area contributed by atoms with Crippen molar-refractivity contribution in [3.05, 3.63) is 47.7 Å². The van der Waals surface area contributed by atoms with E-state index < -0.39 is 11.7 Å². The second kappa shape index (κ2) is 7.57. The molecule has 0 amide bonds. The van der Waals surface area contributed by atoms with Gasteiger partial charge in [0.05, 0.1) is 16.8 Å². The van der Waals surface area contributed by atoms with Gasteiger partial charge in [0.2, 0.25) is 17.7 Å². The quantitative estimate of drug-likeness (QED) is 0.471. The summed E-state index contributed by atoms with van der Waals surface area (Å²) in [7, 11) is 1.90. The fraction of sp³-hybridized carbons (Fsp3) is 0.381. The van der Waals surface area contributed by atoms with Gasteiger partial charge in [-0.05, 0) is 25.8 Å². The minimum atomic E-state index is -4.44. The molecular formula is C21H20F3N7O. The lowest BCUT2D eigenvalue weighted by atomic mass is 9.97. The lowest BCUT2D eigenvalue weighted by molar-refractivity contribution is -0.138. The van der Waals surface area contributed by atoms with Crippen LogP contribution in [0.4, 0.5) is 19.1 Å². The second-order valence-corrected chi connectivity index (χ2v) is 7.93. The monoisotopic (exact) mass is 443 g/mol. The van der Waals surface area contributed by atoms with E-state index in [1.807, 2.05) is 41.8 Å². The number of benzene rings is 1. The van der Waals surface area contributed by atoms with Gasteiger partial charge in [-0.25, -0.2) is 9.97 Å². The normalized spacial score (nSPS) is 15.6. The van der Waals surface area contributed by atoms with E-state index in [0.717, 1.165) is 34.6 Å². The Morgan fingerprint density at radius 2 is 1.81 bits per heavy atom. The van der Waals surface area contributed by atoms with E-state index in [1.165, 1.54) is 0 Å². The van der Waals surface area contributed by atoms with Crippen LogP contribution in [0.25, 0.3) is 22.3 Å². The molecule has 8 nitrogen and oxygen atoms in total. The molecule has 0 radical (unpaired) electrons. The van der Waals surface area contributed by atoms with Gasteiger partial charge in [-0.3, -0.25) is 4.68 Å². The lowest BCUT2D eigenvalue weighted by Gasteiger charge is -2.30. The fourth-order valence-electron chi connectivity index (χ4n) is 4.05. The second-order valence-electron chi connectivity index (χ2n) is 7.93. The SMILES string of the molecule is Cc1nn(C)c2cc(-c3noc(C4CCN(c5ncc(C(F)(F)F)cn5)CC4)n3)ccc12. The predicted molar refractivity (Wildman–Crippen MR) is 110 cm³/mol. The molecule has 5 rings (SSSR count). The van der Waals surface area contributed by atoms with E-state index in [-0.39, 0.29) is 5.92 Å². The van der Waals surface area contributed by atoms with Crippen LogP contribution in [0.1, 0.15) is 35.9 Å². The summed E-state index contributed by atoms with van der Waals surface area (Å²) in [6.07, 6.45) is -1.38. The van der Waals surface area contributed by atoms with Crippen molar-refractivity contribution in [2.45, 2.75) is 31.9 Å². The smallest absolute Gasteiger partial charge is 0.341 e. The lowest BCUT2D eigenvalue weighted by Crippen LogP contribution is -2.34. The number of hydrogen-bond acceptors (Lipinski definition) is 7. The maximum Gasteiger partial charge on any atom is 0.419 e. The van der Waals surface area contributed by atoms with Crippen molar-refractivity contribution >= 4 is 16.9 Å². The van der Waals surface area contributed by atoms with Crippen molar-refractivity contribution in [3.63, 3.8) is 0 Å². The van der Waals surface area contributed by atoms with Crippen molar-refractivity contribution in [2.75, 3.05) is 18.0 Å². The minimum absolute atomic E-state index is 0.0737. The van der Waals surface area contributed by atoms with Gasteiger partial charge in [0.15, 0.2) is 0 Å². The van der Waals surface area contributed by atoms with Gasteiger partial charge in [-0.1, -0.05) is 17.3 Å². The van der Waals surface area contributed by atoms with E-state index >= 15 is 0 Å². The van der Waals surface area contributed by atoms with Crippen molar-refractivity contribution in [1.29, 1.82) is 0 Å². The maximum absolute atomic E-state index is 12.7. The third-order valence-electron chi connectivity index (χ3n) is 5.83. The van der Waals surface area contributed by atoms with Crippen LogP contribution in [0.5, 0.6) is 0 Å². The first-order valence-corrected chi connectivity index (χ1v) is 10.2. The molecule has 0 saturated carbocycles. The van der Waals surface area contributed by atoms with Gasteiger partial charge < -0.3 is 9.42 Å². The Kier molecular flexibility index (Phi) is 4.83. The summed E-state index contributed by atoms with van der Waals surface area (Å²) in [4.78, 5) is 14.2. The summed E-state index contributed by atoms with van der Waals surface area (Å²) in [6.45, 7) is 3.15. The van der Waals surface area contributed by atoms with Gasteiger partial charge in [0.1, 0.15) is 0 Å². The van der Waals surface area contributed by atoms with Crippen LogP contribution in [0.2, 0.25) is 0 Å². The number of fused-ring (bicyclic) bond motifs is 1. The molecule has 0 aliphatic carbocycles. The zero-order valence-corrected chi connectivity index (χ0v) is 17.5. The number of halogens is 3. The van der Waals surface area contributed by atoms with E-state index in [9.17, 15) is 13.2 Å². The molecule has 0 unspecified atom stereocenters. The van der Waals surface area contributed by atoms with E-state index in [1.54, 1.807) is 0 Å². The highest BCUT2D eigenvalue weighted by Crippen LogP contribution is 2.32. The van der Waals surface area contributed by atoms with Gasteiger partial charge in [0, 0.05) is 49.4 Å². The average Bonchev–Trinajstić information content (AvgIpc) is 3.38. The molecule has 0 N–H and O–H groups in total. The molecule has 1 aromatic carbocycles. The van der Waals surface area contributed by atoms with Crippen molar-refractivity contribution in [3.8, 4) is 11.4 Å². The molecule has 166 valence electrons. The summed E-state index contributed by atoms with van der Waals surface area (Å²) in [5, 5.41) is 9.67. The van der Waals surface area contributed by atoms with Crippen LogP contribution < -0.4 is 4.90 Å². The molecule has 1 aliphatic rings. The predicted octanol–water partition coefficient (Wildman–Crippen LogP) is 4.12. The Morgan fingerprint density at radius 3 is 2.50 bits per heavy atom. The molecular weight excluding hydrogens is 423 g/mol. The molecule has 1 saturated heterocycles. The molecule has 0 atom stereocenters. The summed E-state index contributed by atoms with van der Waals surface area (Å²) < 4.78 is 45.5. The average molecular weight is 443 g/mol. The number of alkyl halides is 3. The van der Waals surface area contributed by atoms with Crippen LogP contribution in [-0.4, -0.2) is 43.0 Å². The Balaban J connectivity index is 1.28. The van der Waals surface area contributed by atoms with Crippen molar-refractivity contribution in [1.82, 2.24) is 29.9 Å². The molecule has 1 fully saturated rings. The highest BCUT2D eigenvalue weighted by molar-refractivity contribution is 5.85. The Morgan fingerprint density at radius 1 is 1.09 bits per heavy atom. The summed E-state index contributed by atoms with van der Waals surface area (Å²) in [6, 6.07) is 5.95. The molecule has 3 aromatic heterocycles. The molecule has 0 spiro atoms. The number of anilines is 1. The van der Waals surface area contributed by atoms with Crippen LogP contribution in [0.15, 0.2) is 35.1 Å². The van der Waals surface area contributed by atoms with E-state index in [0.29, 0.717) is 43.6 Å². The molecule has 0 bridgehead atoms. The standard InChI is InChI=1S/C21H20F3N7O/c1-12-16-4-3-14(9-17(16)30(2)28-12)18-27-19(32-29-18)13-5-7-31(8-6-13)20-25-10-15(11-26-20)21(22,23)24/h3-4,9-11,13H,5-8H2,1-2H3.